The Hall–Kier alpha value is -2.73. The van der Waals surface area contributed by atoms with Crippen molar-refractivity contribution in [3.05, 3.63) is 40.5 Å². The summed E-state index contributed by atoms with van der Waals surface area (Å²) < 4.78 is 44.5. The molecule has 1 aromatic carbocycles. The molecule has 0 bridgehead atoms. The lowest BCUT2D eigenvalue weighted by molar-refractivity contribution is -0.385. The van der Waals surface area contributed by atoms with Gasteiger partial charge in [0.1, 0.15) is 16.8 Å². The van der Waals surface area contributed by atoms with Crippen LogP contribution in [-0.2, 0) is 10.0 Å². The van der Waals surface area contributed by atoms with E-state index in [0.29, 0.717) is 6.07 Å². The molecule has 1 aromatic heterocycles. The highest BCUT2D eigenvalue weighted by Crippen LogP contribution is 2.30. The molecule has 21 heavy (non-hydrogen) atoms. The summed E-state index contributed by atoms with van der Waals surface area (Å²) in [6.45, 7) is 0. The van der Waals surface area contributed by atoms with Crippen molar-refractivity contribution in [2.24, 2.45) is 5.84 Å². The highest BCUT2D eigenvalue weighted by atomic mass is 32.2. The zero-order valence-electron chi connectivity index (χ0n) is 10.1. The molecule has 0 atom stereocenters. The summed E-state index contributed by atoms with van der Waals surface area (Å²) in [5, 5.41) is 13.9. The van der Waals surface area contributed by atoms with Gasteiger partial charge in [-0.1, -0.05) is 5.16 Å². The summed E-state index contributed by atoms with van der Waals surface area (Å²) in [4.78, 5) is 8.88. The van der Waals surface area contributed by atoms with Crippen LogP contribution in [0.1, 0.15) is 0 Å². The number of aromatic nitrogens is 1. The van der Waals surface area contributed by atoms with Crippen molar-refractivity contribution in [1.82, 2.24) is 5.16 Å². The Morgan fingerprint density at radius 2 is 2.14 bits per heavy atom. The summed E-state index contributed by atoms with van der Waals surface area (Å²) in [5.74, 6) is 3.76. The van der Waals surface area contributed by atoms with Gasteiger partial charge in [0, 0.05) is 6.07 Å². The van der Waals surface area contributed by atoms with Crippen molar-refractivity contribution < 1.29 is 22.3 Å². The molecular formula is C9H8FN5O5S. The molecule has 1 heterocycles. The minimum atomic E-state index is -4.39. The van der Waals surface area contributed by atoms with E-state index in [1.54, 1.807) is 0 Å². The molecule has 4 N–H and O–H groups in total. The van der Waals surface area contributed by atoms with Crippen molar-refractivity contribution in [1.29, 1.82) is 0 Å². The van der Waals surface area contributed by atoms with Crippen LogP contribution in [0.15, 0.2) is 34.0 Å². The number of nitrogen functional groups attached to an aromatic ring is 1. The van der Waals surface area contributed by atoms with Crippen LogP contribution >= 0.6 is 0 Å². The molecule has 0 aliphatic rings. The van der Waals surface area contributed by atoms with Gasteiger partial charge in [-0.25, -0.2) is 12.8 Å². The first-order valence-electron chi connectivity index (χ1n) is 5.22. The number of benzene rings is 1. The van der Waals surface area contributed by atoms with E-state index in [4.69, 9.17) is 5.84 Å². The molecule has 112 valence electrons. The van der Waals surface area contributed by atoms with Crippen LogP contribution in [0.25, 0.3) is 0 Å². The second-order valence-electron chi connectivity index (χ2n) is 3.72. The molecule has 0 saturated carbocycles. The largest absolute Gasteiger partial charge is 0.362 e. The number of anilines is 2. The fourth-order valence-electron chi connectivity index (χ4n) is 1.53. The van der Waals surface area contributed by atoms with Gasteiger partial charge >= 0.3 is 0 Å². The monoisotopic (exact) mass is 317 g/mol. The normalized spacial score (nSPS) is 11.1. The molecule has 12 heteroatoms. The second-order valence-corrected chi connectivity index (χ2v) is 5.34. The summed E-state index contributed by atoms with van der Waals surface area (Å²) in [5.41, 5.74) is 0.753. The van der Waals surface area contributed by atoms with E-state index in [0.717, 1.165) is 18.5 Å². The molecule has 2 aromatic rings. The SMILES string of the molecule is NNc1cc([N+](=O)[O-])cc(F)c1S(=O)(=O)Nc1cnoc1. The molecule has 0 spiro atoms. The number of hydrogen-bond donors (Lipinski definition) is 3. The number of hydrazine groups is 1. The summed E-state index contributed by atoms with van der Waals surface area (Å²) >= 11 is 0. The number of rotatable bonds is 5. The van der Waals surface area contributed by atoms with Crippen molar-refractivity contribution >= 4 is 27.1 Å². The van der Waals surface area contributed by atoms with E-state index in [-0.39, 0.29) is 5.69 Å². The van der Waals surface area contributed by atoms with Gasteiger partial charge in [-0.3, -0.25) is 20.7 Å². The Labute approximate surface area is 116 Å². The molecule has 2 rings (SSSR count). The first-order chi connectivity index (χ1) is 9.85. The number of nitrogens with one attached hydrogen (secondary N) is 2. The van der Waals surface area contributed by atoms with E-state index < -0.39 is 37.0 Å². The molecular weight excluding hydrogens is 309 g/mol. The van der Waals surface area contributed by atoms with Gasteiger partial charge in [0.25, 0.3) is 15.7 Å². The molecule has 10 nitrogen and oxygen atoms in total. The van der Waals surface area contributed by atoms with Crippen LogP contribution in [0, 0.1) is 15.9 Å². The standard InChI is InChI=1S/C9H8FN5O5S/c10-7-1-6(15(16)17)2-8(13-11)9(7)21(18,19)14-5-3-12-20-4-5/h1-4,13-14H,11H2. The van der Waals surface area contributed by atoms with Gasteiger partial charge in [-0.2, -0.15) is 0 Å². The van der Waals surface area contributed by atoms with Gasteiger partial charge in [-0.05, 0) is 0 Å². The Morgan fingerprint density at radius 1 is 1.43 bits per heavy atom. The number of nitro benzene ring substituents is 1. The zero-order valence-corrected chi connectivity index (χ0v) is 10.9. The van der Waals surface area contributed by atoms with Crippen molar-refractivity contribution in [2.45, 2.75) is 4.90 Å². The van der Waals surface area contributed by atoms with Crippen LogP contribution in [0.5, 0.6) is 0 Å². The van der Waals surface area contributed by atoms with Gasteiger partial charge in [0.05, 0.1) is 22.9 Å². The lowest BCUT2D eigenvalue weighted by Crippen LogP contribution is -2.19. The van der Waals surface area contributed by atoms with Crippen molar-refractivity contribution in [3.8, 4) is 0 Å². The van der Waals surface area contributed by atoms with Gasteiger partial charge in [0.2, 0.25) is 0 Å². The van der Waals surface area contributed by atoms with Gasteiger partial charge in [-0.15, -0.1) is 0 Å². The van der Waals surface area contributed by atoms with Crippen LogP contribution in [0.2, 0.25) is 0 Å². The molecule has 0 radical (unpaired) electrons. The second kappa shape index (κ2) is 5.34. The van der Waals surface area contributed by atoms with E-state index in [1.807, 2.05) is 10.1 Å². The maximum atomic E-state index is 13.9. The van der Waals surface area contributed by atoms with Crippen molar-refractivity contribution in [3.63, 3.8) is 0 Å². The zero-order chi connectivity index (χ0) is 15.6. The quantitative estimate of drug-likeness (QED) is 0.416. The fourth-order valence-corrected chi connectivity index (χ4v) is 2.76. The number of nitrogens with two attached hydrogens (primary N) is 1. The highest BCUT2D eigenvalue weighted by molar-refractivity contribution is 7.92. The maximum Gasteiger partial charge on any atom is 0.274 e. The number of sulfonamides is 1. The molecule has 0 unspecified atom stereocenters. The Kier molecular flexibility index (Phi) is 3.73. The van der Waals surface area contributed by atoms with Gasteiger partial charge in [0.15, 0.2) is 5.82 Å². The van der Waals surface area contributed by atoms with E-state index in [1.165, 1.54) is 0 Å². The number of hydrogen-bond acceptors (Lipinski definition) is 8. The van der Waals surface area contributed by atoms with Crippen LogP contribution < -0.4 is 16.0 Å². The first kappa shape index (κ1) is 14.7. The molecule has 0 fully saturated rings. The number of nitrogens with zero attached hydrogens (tertiary/aromatic N) is 2. The molecule has 0 aliphatic carbocycles. The minimum Gasteiger partial charge on any atom is -0.362 e. The third kappa shape index (κ3) is 2.90. The topological polar surface area (TPSA) is 153 Å². The number of non-ortho nitro benzene ring substituents is 1. The molecule has 0 amide bonds. The molecule has 0 saturated heterocycles. The maximum absolute atomic E-state index is 13.9. The lowest BCUT2D eigenvalue weighted by atomic mass is 10.3. The summed E-state index contributed by atoms with van der Waals surface area (Å²) in [6.07, 6.45) is 2.03. The average Bonchev–Trinajstić information content (AvgIpc) is 2.89. The lowest BCUT2D eigenvalue weighted by Gasteiger charge is -2.11. The van der Waals surface area contributed by atoms with E-state index in [2.05, 4.69) is 9.68 Å². The Morgan fingerprint density at radius 3 is 2.67 bits per heavy atom. The van der Waals surface area contributed by atoms with E-state index in [9.17, 15) is 22.9 Å². The third-order valence-electron chi connectivity index (χ3n) is 2.35. The van der Waals surface area contributed by atoms with E-state index >= 15 is 0 Å². The van der Waals surface area contributed by atoms with Crippen LogP contribution in [0.4, 0.5) is 21.5 Å². The first-order valence-corrected chi connectivity index (χ1v) is 6.70. The number of nitro groups is 1. The predicted molar refractivity (Wildman–Crippen MR) is 68.2 cm³/mol. The summed E-state index contributed by atoms with van der Waals surface area (Å²) in [6, 6.07) is 1.27. The Bertz CT molecular complexity index is 776. The van der Waals surface area contributed by atoms with Gasteiger partial charge < -0.3 is 9.95 Å². The molecule has 0 aliphatic heterocycles. The van der Waals surface area contributed by atoms with Crippen molar-refractivity contribution in [2.75, 3.05) is 10.1 Å². The number of halogens is 1. The predicted octanol–water partition coefficient (Wildman–Crippen LogP) is 0.808. The van der Waals surface area contributed by atoms with Crippen LogP contribution in [-0.4, -0.2) is 18.5 Å². The van der Waals surface area contributed by atoms with Crippen LogP contribution in [0.3, 0.4) is 0 Å². The Balaban J connectivity index is 2.54. The summed E-state index contributed by atoms with van der Waals surface area (Å²) in [7, 11) is -4.39. The fraction of sp³-hybridized carbons (Fsp3) is 0. The minimum absolute atomic E-state index is 0.0456. The average molecular weight is 317 g/mol. The third-order valence-corrected chi connectivity index (χ3v) is 3.80. The smallest absolute Gasteiger partial charge is 0.274 e. The highest BCUT2D eigenvalue weighted by Gasteiger charge is 2.27.